The summed E-state index contributed by atoms with van der Waals surface area (Å²) in [6.45, 7) is 9.27. The molecule has 0 saturated carbocycles. The second-order valence-corrected chi connectivity index (χ2v) is 6.24. The molecule has 18 heavy (non-hydrogen) atoms. The molecule has 0 amide bonds. The van der Waals surface area contributed by atoms with E-state index in [2.05, 4.69) is 24.1 Å². The van der Waals surface area contributed by atoms with Crippen LogP contribution in [0.15, 0.2) is 0 Å². The lowest BCUT2D eigenvalue weighted by molar-refractivity contribution is -0.0385. The molecule has 106 valence electrons. The number of nitrogens with zero attached hydrogens (tertiary/aromatic N) is 1. The third-order valence-electron chi connectivity index (χ3n) is 4.07. The van der Waals surface area contributed by atoms with Gasteiger partial charge in [0.1, 0.15) is 0 Å². The van der Waals surface area contributed by atoms with E-state index in [1.165, 1.54) is 64.7 Å². The number of likely N-dealkylation sites (tertiary alicyclic amines) is 1. The van der Waals surface area contributed by atoms with Crippen LogP contribution in [-0.4, -0.2) is 49.3 Å². The van der Waals surface area contributed by atoms with Gasteiger partial charge in [0.25, 0.3) is 0 Å². The third-order valence-corrected chi connectivity index (χ3v) is 4.07. The van der Waals surface area contributed by atoms with E-state index in [0.717, 1.165) is 0 Å². The van der Waals surface area contributed by atoms with Crippen molar-refractivity contribution in [3.05, 3.63) is 0 Å². The number of nitrogens with one attached hydrogen (secondary N) is 1. The number of hydrogen-bond donors (Lipinski definition) is 1. The summed E-state index contributed by atoms with van der Waals surface area (Å²) in [7, 11) is 0. The van der Waals surface area contributed by atoms with E-state index in [4.69, 9.17) is 4.74 Å². The molecule has 0 spiro atoms. The van der Waals surface area contributed by atoms with Crippen molar-refractivity contribution in [1.29, 1.82) is 0 Å². The average Bonchev–Trinajstić information content (AvgIpc) is 2.67. The summed E-state index contributed by atoms with van der Waals surface area (Å²) >= 11 is 0. The highest BCUT2D eigenvalue weighted by Crippen LogP contribution is 2.26. The number of rotatable bonds is 8. The van der Waals surface area contributed by atoms with E-state index in [1.54, 1.807) is 0 Å². The topological polar surface area (TPSA) is 24.5 Å². The fraction of sp³-hybridized carbons (Fsp3) is 1.00. The molecule has 0 aromatic carbocycles. The summed E-state index contributed by atoms with van der Waals surface area (Å²) in [6.07, 6.45) is 9.14. The summed E-state index contributed by atoms with van der Waals surface area (Å²) in [4.78, 5) is 2.62. The molecular weight excluding hydrogens is 224 g/mol. The third kappa shape index (κ3) is 4.87. The number of hydrogen-bond acceptors (Lipinski definition) is 3. The number of fused-ring (bicyclic) bond motifs is 2. The Balaban J connectivity index is 1.44. The Morgan fingerprint density at radius 1 is 1.06 bits per heavy atom. The van der Waals surface area contributed by atoms with Crippen molar-refractivity contribution >= 4 is 0 Å². The lowest BCUT2D eigenvalue weighted by Crippen LogP contribution is -2.42. The van der Waals surface area contributed by atoms with Crippen LogP contribution >= 0.6 is 0 Å². The molecule has 2 saturated heterocycles. The second-order valence-electron chi connectivity index (χ2n) is 6.24. The van der Waals surface area contributed by atoms with Crippen LogP contribution in [-0.2, 0) is 4.74 Å². The molecule has 2 heterocycles. The number of unbranched alkanes of at least 4 members (excludes halogenated alkanes) is 3. The van der Waals surface area contributed by atoms with Gasteiger partial charge >= 0.3 is 0 Å². The molecular formula is C15H30N2O. The molecule has 2 aliphatic heterocycles. The van der Waals surface area contributed by atoms with Crippen molar-refractivity contribution in [2.75, 3.05) is 26.2 Å². The zero-order valence-electron chi connectivity index (χ0n) is 12.2. The Morgan fingerprint density at radius 2 is 1.72 bits per heavy atom. The molecule has 2 aliphatic rings. The highest BCUT2D eigenvalue weighted by molar-refractivity contribution is 4.84. The van der Waals surface area contributed by atoms with Crippen LogP contribution in [0.1, 0.15) is 52.4 Å². The first-order chi connectivity index (χ1) is 8.74. The van der Waals surface area contributed by atoms with Gasteiger partial charge < -0.3 is 10.1 Å². The standard InChI is InChI=1S/C15H30N2O/c1-13(2)16-9-5-3-4-6-10-17-11-14-7-8-15(12-17)18-14/h13-16H,3-12H2,1-2H3. The minimum atomic E-state index is 0.555. The minimum Gasteiger partial charge on any atom is -0.372 e. The molecule has 0 aromatic heterocycles. The second kappa shape index (κ2) is 7.46. The van der Waals surface area contributed by atoms with Gasteiger partial charge in [-0.25, -0.2) is 0 Å². The van der Waals surface area contributed by atoms with Crippen LogP contribution in [0.3, 0.4) is 0 Å². The van der Waals surface area contributed by atoms with Crippen LogP contribution in [0.4, 0.5) is 0 Å². The number of morpholine rings is 1. The largest absolute Gasteiger partial charge is 0.372 e. The van der Waals surface area contributed by atoms with Gasteiger partial charge in [-0.2, -0.15) is 0 Å². The molecule has 3 nitrogen and oxygen atoms in total. The predicted octanol–water partition coefficient (Wildman–Crippen LogP) is 2.41. The van der Waals surface area contributed by atoms with Gasteiger partial charge in [0.15, 0.2) is 0 Å². The first-order valence-corrected chi connectivity index (χ1v) is 7.85. The lowest BCUT2D eigenvalue weighted by Gasteiger charge is -2.32. The SMILES string of the molecule is CC(C)NCCCCCCN1CC2CCC(C1)O2. The van der Waals surface area contributed by atoms with Crippen LogP contribution in [0.2, 0.25) is 0 Å². The Kier molecular flexibility index (Phi) is 5.93. The van der Waals surface area contributed by atoms with E-state index in [0.29, 0.717) is 18.2 Å². The van der Waals surface area contributed by atoms with Crippen molar-refractivity contribution in [2.24, 2.45) is 0 Å². The molecule has 2 fully saturated rings. The van der Waals surface area contributed by atoms with E-state index < -0.39 is 0 Å². The molecule has 3 heteroatoms. The molecule has 2 bridgehead atoms. The Labute approximate surface area is 112 Å². The van der Waals surface area contributed by atoms with Gasteiger partial charge in [-0.15, -0.1) is 0 Å². The monoisotopic (exact) mass is 254 g/mol. The predicted molar refractivity (Wildman–Crippen MR) is 75.9 cm³/mol. The van der Waals surface area contributed by atoms with Crippen molar-refractivity contribution in [2.45, 2.75) is 70.6 Å². The van der Waals surface area contributed by atoms with Gasteiger partial charge in [-0.05, 0) is 38.8 Å². The molecule has 1 N–H and O–H groups in total. The van der Waals surface area contributed by atoms with Crippen LogP contribution < -0.4 is 5.32 Å². The normalized spacial score (nSPS) is 28.2. The molecule has 2 atom stereocenters. The van der Waals surface area contributed by atoms with E-state index in [1.807, 2.05) is 0 Å². The number of ether oxygens (including phenoxy) is 1. The lowest BCUT2D eigenvalue weighted by atomic mass is 10.1. The van der Waals surface area contributed by atoms with E-state index in [-0.39, 0.29) is 0 Å². The van der Waals surface area contributed by atoms with Crippen LogP contribution in [0, 0.1) is 0 Å². The maximum Gasteiger partial charge on any atom is 0.0707 e. The quantitative estimate of drug-likeness (QED) is 0.673. The van der Waals surface area contributed by atoms with Gasteiger partial charge in [0, 0.05) is 19.1 Å². The van der Waals surface area contributed by atoms with Crippen LogP contribution in [0.25, 0.3) is 0 Å². The van der Waals surface area contributed by atoms with Gasteiger partial charge in [-0.1, -0.05) is 26.7 Å². The maximum absolute atomic E-state index is 5.86. The summed E-state index contributed by atoms with van der Waals surface area (Å²) in [5.41, 5.74) is 0. The van der Waals surface area contributed by atoms with Crippen molar-refractivity contribution in [1.82, 2.24) is 10.2 Å². The fourth-order valence-electron chi connectivity index (χ4n) is 3.09. The Bertz CT molecular complexity index is 221. The first-order valence-electron chi connectivity index (χ1n) is 7.85. The van der Waals surface area contributed by atoms with Crippen LogP contribution in [0.5, 0.6) is 0 Å². The molecule has 2 rings (SSSR count). The molecule has 0 aromatic rings. The highest BCUT2D eigenvalue weighted by Gasteiger charge is 2.32. The fourth-order valence-corrected chi connectivity index (χ4v) is 3.09. The molecule has 0 radical (unpaired) electrons. The van der Waals surface area contributed by atoms with Gasteiger partial charge in [0.2, 0.25) is 0 Å². The minimum absolute atomic E-state index is 0.555. The summed E-state index contributed by atoms with van der Waals surface area (Å²) in [5, 5.41) is 3.48. The summed E-state index contributed by atoms with van der Waals surface area (Å²) in [6, 6.07) is 0.633. The Hall–Kier alpha value is -0.120. The maximum atomic E-state index is 5.86. The summed E-state index contributed by atoms with van der Waals surface area (Å²) < 4.78 is 5.86. The van der Waals surface area contributed by atoms with Crippen molar-refractivity contribution < 1.29 is 4.74 Å². The average molecular weight is 254 g/mol. The Morgan fingerprint density at radius 3 is 2.39 bits per heavy atom. The van der Waals surface area contributed by atoms with Gasteiger partial charge in [0.05, 0.1) is 12.2 Å². The zero-order valence-corrected chi connectivity index (χ0v) is 12.2. The van der Waals surface area contributed by atoms with E-state index >= 15 is 0 Å². The first kappa shape index (κ1) is 14.3. The molecule has 2 unspecified atom stereocenters. The highest BCUT2D eigenvalue weighted by atomic mass is 16.5. The van der Waals surface area contributed by atoms with Gasteiger partial charge in [-0.3, -0.25) is 4.90 Å². The zero-order chi connectivity index (χ0) is 12.8. The molecule has 0 aliphatic carbocycles. The van der Waals surface area contributed by atoms with E-state index in [9.17, 15) is 0 Å². The summed E-state index contributed by atoms with van der Waals surface area (Å²) in [5.74, 6) is 0. The smallest absolute Gasteiger partial charge is 0.0707 e. The van der Waals surface area contributed by atoms with Crippen molar-refractivity contribution in [3.8, 4) is 0 Å². The van der Waals surface area contributed by atoms with Crippen molar-refractivity contribution in [3.63, 3.8) is 0 Å².